The average Bonchev–Trinajstić information content (AvgIpc) is 2.44. The number of halogens is 2. The zero-order valence-electron chi connectivity index (χ0n) is 10.4. The molecule has 20 heavy (non-hydrogen) atoms. The van der Waals surface area contributed by atoms with Crippen molar-refractivity contribution in [2.24, 2.45) is 0 Å². The Bertz CT molecular complexity index is 789. The van der Waals surface area contributed by atoms with Crippen LogP contribution in [0, 0.1) is 5.82 Å². The number of fused-ring (bicyclic) bond motifs is 1. The lowest BCUT2D eigenvalue weighted by Gasteiger charge is -2.13. The molecule has 2 aromatic carbocycles. The van der Waals surface area contributed by atoms with Crippen LogP contribution in [0.25, 0.3) is 10.9 Å². The van der Waals surface area contributed by atoms with Crippen molar-refractivity contribution < 1.29 is 4.39 Å². The molecule has 0 aliphatic rings. The first-order chi connectivity index (χ1) is 9.65. The standard InChI is InChI=1S/C15H11ClFN3/c16-11-7-9(17)5-6-14(11)20-15-10-3-1-2-4-13(10)19-8-12(15)18/h1-8H,18H2,(H,19,20). The van der Waals surface area contributed by atoms with E-state index in [4.69, 9.17) is 17.3 Å². The summed E-state index contributed by atoms with van der Waals surface area (Å²) in [6.07, 6.45) is 1.59. The van der Waals surface area contributed by atoms with Crippen LogP contribution in [-0.2, 0) is 0 Å². The maximum Gasteiger partial charge on any atom is 0.124 e. The smallest absolute Gasteiger partial charge is 0.124 e. The predicted molar refractivity (Wildman–Crippen MR) is 80.8 cm³/mol. The van der Waals surface area contributed by atoms with Gasteiger partial charge in [-0.05, 0) is 24.3 Å². The van der Waals surface area contributed by atoms with Gasteiger partial charge < -0.3 is 11.1 Å². The maximum absolute atomic E-state index is 13.1. The van der Waals surface area contributed by atoms with Gasteiger partial charge in [0, 0.05) is 5.39 Å². The Morgan fingerprint density at radius 2 is 1.95 bits per heavy atom. The molecule has 0 amide bonds. The van der Waals surface area contributed by atoms with Gasteiger partial charge in [0.05, 0.1) is 33.8 Å². The van der Waals surface area contributed by atoms with Crippen LogP contribution in [0.4, 0.5) is 21.5 Å². The second-order valence-corrected chi connectivity index (χ2v) is 4.76. The molecule has 0 unspecified atom stereocenters. The summed E-state index contributed by atoms with van der Waals surface area (Å²) in [6.45, 7) is 0. The number of nitrogens with one attached hydrogen (secondary N) is 1. The van der Waals surface area contributed by atoms with E-state index >= 15 is 0 Å². The minimum atomic E-state index is -0.381. The number of nitrogens with two attached hydrogens (primary N) is 1. The topological polar surface area (TPSA) is 50.9 Å². The highest BCUT2D eigenvalue weighted by atomic mass is 35.5. The van der Waals surface area contributed by atoms with Gasteiger partial charge in [-0.3, -0.25) is 4.98 Å². The van der Waals surface area contributed by atoms with Gasteiger partial charge in [0.1, 0.15) is 5.82 Å². The number of nitrogens with zero attached hydrogens (tertiary/aromatic N) is 1. The summed E-state index contributed by atoms with van der Waals surface area (Å²) >= 11 is 6.02. The third-order valence-electron chi connectivity index (χ3n) is 3.00. The lowest BCUT2D eigenvalue weighted by atomic mass is 10.1. The lowest BCUT2D eigenvalue weighted by molar-refractivity contribution is 0.628. The number of pyridine rings is 1. The molecule has 3 aromatic rings. The molecule has 1 heterocycles. The summed E-state index contributed by atoms with van der Waals surface area (Å²) in [7, 11) is 0. The molecule has 0 radical (unpaired) electrons. The summed E-state index contributed by atoms with van der Waals surface area (Å²) in [5.41, 5.74) is 8.60. The first-order valence-corrected chi connectivity index (χ1v) is 6.38. The minimum absolute atomic E-state index is 0.297. The van der Waals surface area contributed by atoms with E-state index in [0.717, 1.165) is 10.9 Å². The third-order valence-corrected chi connectivity index (χ3v) is 3.31. The first kappa shape index (κ1) is 12.7. The van der Waals surface area contributed by atoms with Crippen LogP contribution in [0.1, 0.15) is 0 Å². The van der Waals surface area contributed by atoms with Crippen molar-refractivity contribution >= 4 is 39.6 Å². The van der Waals surface area contributed by atoms with E-state index in [-0.39, 0.29) is 5.82 Å². The molecule has 0 fully saturated rings. The molecule has 100 valence electrons. The van der Waals surface area contributed by atoms with Crippen molar-refractivity contribution in [1.82, 2.24) is 4.98 Å². The first-order valence-electron chi connectivity index (χ1n) is 6.00. The molecule has 0 aliphatic carbocycles. The lowest BCUT2D eigenvalue weighted by Crippen LogP contribution is -1.99. The number of aromatic nitrogens is 1. The van der Waals surface area contributed by atoms with Crippen molar-refractivity contribution in [2.45, 2.75) is 0 Å². The van der Waals surface area contributed by atoms with Gasteiger partial charge in [-0.2, -0.15) is 0 Å². The zero-order valence-corrected chi connectivity index (χ0v) is 11.2. The van der Waals surface area contributed by atoms with Gasteiger partial charge in [-0.25, -0.2) is 4.39 Å². The van der Waals surface area contributed by atoms with Crippen LogP contribution in [0.2, 0.25) is 5.02 Å². The molecular weight excluding hydrogens is 277 g/mol. The summed E-state index contributed by atoms with van der Waals surface area (Å²) in [5, 5.41) is 4.33. The Hall–Kier alpha value is -2.33. The Kier molecular flexibility index (Phi) is 3.16. The van der Waals surface area contributed by atoms with Gasteiger partial charge in [0.25, 0.3) is 0 Å². The molecule has 3 nitrogen and oxygen atoms in total. The molecular formula is C15H11ClFN3. The monoisotopic (exact) mass is 287 g/mol. The largest absolute Gasteiger partial charge is 0.396 e. The van der Waals surface area contributed by atoms with E-state index in [1.54, 1.807) is 12.3 Å². The Labute approximate surface area is 120 Å². The number of anilines is 3. The fourth-order valence-corrected chi connectivity index (χ4v) is 2.24. The molecule has 0 aliphatic heterocycles. The van der Waals surface area contributed by atoms with Gasteiger partial charge >= 0.3 is 0 Å². The summed E-state index contributed by atoms with van der Waals surface area (Å²) in [6, 6.07) is 11.8. The molecule has 0 saturated carbocycles. The quantitative estimate of drug-likeness (QED) is 0.736. The highest BCUT2D eigenvalue weighted by Crippen LogP contribution is 2.33. The number of rotatable bonds is 2. The molecule has 3 rings (SSSR count). The van der Waals surface area contributed by atoms with Crippen molar-refractivity contribution in [3.8, 4) is 0 Å². The van der Waals surface area contributed by atoms with Crippen LogP contribution in [-0.4, -0.2) is 4.98 Å². The van der Waals surface area contributed by atoms with E-state index < -0.39 is 0 Å². The molecule has 0 atom stereocenters. The normalized spacial score (nSPS) is 10.7. The second kappa shape index (κ2) is 4.98. The molecule has 0 spiro atoms. The number of para-hydroxylation sites is 1. The molecule has 0 saturated heterocycles. The average molecular weight is 288 g/mol. The van der Waals surface area contributed by atoms with Crippen molar-refractivity contribution in [3.63, 3.8) is 0 Å². The second-order valence-electron chi connectivity index (χ2n) is 4.35. The van der Waals surface area contributed by atoms with Crippen molar-refractivity contribution in [2.75, 3.05) is 11.1 Å². The molecule has 5 heteroatoms. The molecule has 0 bridgehead atoms. The number of benzene rings is 2. The van der Waals surface area contributed by atoms with Crippen molar-refractivity contribution in [1.29, 1.82) is 0 Å². The number of nitrogen functional groups attached to an aromatic ring is 1. The van der Waals surface area contributed by atoms with Crippen LogP contribution >= 0.6 is 11.6 Å². The van der Waals surface area contributed by atoms with Crippen LogP contribution < -0.4 is 11.1 Å². The summed E-state index contributed by atoms with van der Waals surface area (Å²) in [4.78, 5) is 4.26. The maximum atomic E-state index is 13.1. The number of hydrogen-bond acceptors (Lipinski definition) is 3. The van der Waals surface area contributed by atoms with Crippen LogP contribution in [0.15, 0.2) is 48.7 Å². The van der Waals surface area contributed by atoms with Crippen molar-refractivity contribution in [3.05, 3.63) is 59.5 Å². The van der Waals surface area contributed by atoms with E-state index in [0.29, 0.717) is 22.1 Å². The Balaban J connectivity index is 2.12. The van der Waals surface area contributed by atoms with Crippen LogP contribution in [0.3, 0.4) is 0 Å². The van der Waals surface area contributed by atoms with E-state index in [9.17, 15) is 4.39 Å². The molecule has 1 aromatic heterocycles. The highest BCUT2D eigenvalue weighted by molar-refractivity contribution is 6.33. The van der Waals surface area contributed by atoms with Gasteiger partial charge in [-0.15, -0.1) is 0 Å². The van der Waals surface area contributed by atoms with Gasteiger partial charge in [-0.1, -0.05) is 29.8 Å². The fourth-order valence-electron chi connectivity index (χ4n) is 2.02. The number of hydrogen-bond donors (Lipinski definition) is 2. The zero-order chi connectivity index (χ0) is 14.1. The van der Waals surface area contributed by atoms with Gasteiger partial charge in [0.15, 0.2) is 0 Å². The van der Waals surface area contributed by atoms with E-state index in [1.165, 1.54) is 12.1 Å². The Morgan fingerprint density at radius 1 is 1.15 bits per heavy atom. The Morgan fingerprint density at radius 3 is 2.75 bits per heavy atom. The fraction of sp³-hybridized carbons (Fsp3) is 0. The minimum Gasteiger partial charge on any atom is -0.396 e. The SMILES string of the molecule is Nc1cnc2ccccc2c1Nc1ccc(F)cc1Cl. The highest BCUT2D eigenvalue weighted by Gasteiger charge is 2.09. The van der Waals surface area contributed by atoms with Crippen LogP contribution in [0.5, 0.6) is 0 Å². The summed E-state index contributed by atoms with van der Waals surface area (Å²) < 4.78 is 13.1. The van der Waals surface area contributed by atoms with E-state index in [2.05, 4.69) is 10.3 Å². The van der Waals surface area contributed by atoms with E-state index in [1.807, 2.05) is 24.3 Å². The third kappa shape index (κ3) is 2.26. The molecule has 3 N–H and O–H groups in total. The van der Waals surface area contributed by atoms with Gasteiger partial charge in [0.2, 0.25) is 0 Å². The summed E-state index contributed by atoms with van der Waals surface area (Å²) in [5.74, 6) is -0.381. The predicted octanol–water partition coefficient (Wildman–Crippen LogP) is 4.35.